The second-order valence-electron chi connectivity index (χ2n) is 1.84. The zero-order chi connectivity index (χ0) is 8.97. The van der Waals surface area contributed by atoms with Crippen molar-refractivity contribution in [2.75, 3.05) is 23.2 Å². The van der Waals surface area contributed by atoms with Gasteiger partial charge in [0.2, 0.25) is 17.8 Å². The van der Waals surface area contributed by atoms with Gasteiger partial charge in [-0.15, -0.1) is 0 Å². The van der Waals surface area contributed by atoms with Gasteiger partial charge in [-0.25, -0.2) is 11.7 Å². The van der Waals surface area contributed by atoms with Gasteiger partial charge in [-0.1, -0.05) is 0 Å². The molecule has 8 nitrogen and oxygen atoms in total. The van der Waals surface area contributed by atoms with Crippen LogP contribution in [0.5, 0.6) is 0 Å². The van der Waals surface area contributed by atoms with Gasteiger partial charge in [-0.2, -0.15) is 15.0 Å². The Morgan fingerprint density at radius 3 is 1.67 bits per heavy atom. The second-order valence-corrected chi connectivity index (χ2v) is 1.84. The minimum Gasteiger partial charge on any atom is -0.357 e. The lowest BCUT2D eigenvalue weighted by Crippen LogP contribution is -2.17. The van der Waals surface area contributed by atoms with Crippen LogP contribution in [0.15, 0.2) is 0 Å². The number of hydrazine groups is 2. The summed E-state index contributed by atoms with van der Waals surface area (Å²) in [5, 5.41) is 2.72. The van der Waals surface area contributed by atoms with Crippen LogP contribution in [0.4, 0.5) is 17.8 Å². The molecule has 0 atom stereocenters. The van der Waals surface area contributed by atoms with Crippen molar-refractivity contribution in [3.63, 3.8) is 0 Å². The largest absolute Gasteiger partial charge is 0.357 e. The van der Waals surface area contributed by atoms with Crippen LogP contribution in [0.1, 0.15) is 0 Å². The number of hydrogen-bond donors (Lipinski definition) is 5. The fraction of sp³-hybridized carbons (Fsp3) is 0.250. The van der Waals surface area contributed by atoms with Crippen molar-refractivity contribution >= 4 is 17.8 Å². The lowest BCUT2D eigenvalue weighted by molar-refractivity contribution is 1.02. The van der Waals surface area contributed by atoms with E-state index < -0.39 is 0 Å². The van der Waals surface area contributed by atoms with Gasteiger partial charge in [-0.05, 0) is 0 Å². The third-order valence-corrected chi connectivity index (χ3v) is 1.12. The van der Waals surface area contributed by atoms with Crippen molar-refractivity contribution in [2.45, 2.75) is 0 Å². The molecule has 1 rings (SSSR count). The van der Waals surface area contributed by atoms with Crippen LogP contribution in [0.3, 0.4) is 0 Å². The molecular weight excluding hydrogens is 160 g/mol. The Morgan fingerprint density at radius 1 is 0.917 bits per heavy atom. The Balaban J connectivity index is 3.01. The molecule has 0 fully saturated rings. The number of anilines is 3. The fourth-order valence-electron chi connectivity index (χ4n) is 0.617. The van der Waals surface area contributed by atoms with E-state index in [1.807, 2.05) is 0 Å². The number of nitrogens with two attached hydrogens (primary N) is 2. The zero-order valence-corrected chi connectivity index (χ0v) is 6.50. The van der Waals surface area contributed by atoms with E-state index in [1.165, 1.54) is 0 Å². The zero-order valence-electron chi connectivity index (χ0n) is 6.50. The van der Waals surface area contributed by atoms with E-state index in [9.17, 15) is 0 Å². The van der Waals surface area contributed by atoms with Crippen LogP contribution >= 0.6 is 0 Å². The molecule has 0 aliphatic rings. The number of nitrogens with zero attached hydrogens (tertiary/aromatic N) is 3. The monoisotopic (exact) mass is 170 g/mol. The van der Waals surface area contributed by atoms with Crippen LogP contribution < -0.4 is 27.9 Å². The Hall–Kier alpha value is -1.67. The first kappa shape index (κ1) is 8.43. The van der Waals surface area contributed by atoms with E-state index in [4.69, 9.17) is 11.7 Å². The van der Waals surface area contributed by atoms with Crippen molar-refractivity contribution < 1.29 is 0 Å². The topological polar surface area (TPSA) is 127 Å². The molecule has 0 unspecified atom stereocenters. The van der Waals surface area contributed by atoms with Crippen molar-refractivity contribution in [3.8, 4) is 0 Å². The van der Waals surface area contributed by atoms with Gasteiger partial charge < -0.3 is 5.32 Å². The summed E-state index contributed by atoms with van der Waals surface area (Å²) >= 11 is 0. The summed E-state index contributed by atoms with van der Waals surface area (Å²) in [7, 11) is 1.68. The van der Waals surface area contributed by atoms with Gasteiger partial charge in [0.1, 0.15) is 0 Å². The van der Waals surface area contributed by atoms with Gasteiger partial charge in [0, 0.05) is 7.05 Å². The molecule has 0 bridgehead atoms. The van der Waals surface area contributed by atoms with E-state index in [2.05, 4.69) is 31.1 Å². The number of nitrogen functional groups attached to an aromatic ring is 2. The molecular formula is C4H10N8. The summed E-state index contributed by atoms with van der Waals surface area (Å²) in [5.74, 6) is 11.1. The molecule has 0 aliphatic carbocycles. The van der Waals surface area contributed by atoms with E-state index in [-0.39, 0.29) is 11.9 Å². The van der Waals surface area contributed by atoms with Gasteiger partial charge in [0.25, 0.3) is 0 Å². The van der Waals surface area contributed by atoms with Crippen molar-refractivity contribution in [3.05, 3.63) is 0 Å². The smallest absolute Gasteiger partial charge is 0.243 e. The molecule has 7 N–H and O–H groups in total. The Bertz CT molecular complexity index is 204. The average Bonchev–Trinajstić information content (AvgIpc) is 2.16. The summed E-state index contributed by atoms with van der Waals surface area (Å²) in [5.41, 5.74) is 4.56. The standard InChI is InChI=1S/C4H10N8/c1-7-2-8-3(11-5)10-4(9-2)12-6/h5-6H2,1H3,(H3,7,8,9,10,11,12). The van der Waals surface area contributed by atoms with Gasteiger partial charge in [0.15, 0.2) is 0 Å². The molecule has 66 valence electrons. The number of aromatic nitrogens is 3. The first-order valence-corrected chi connectivity index (χ1v) is 3.17. The number of hydrogen-bond acceptors (Lipinski definition) is 8. The maximum Gasteiger partial charge on any atom is 0.243 e. The van der Waals surface area contributed by atoms with E-state index in [0.717, 1.165) is 0 Å². The molecule has 0 aliphatic heterocycles. The molecule has 12 heavy (non-hydrogen) atoms. The van der Waals surface area contributed by atoms with Crippen LogP contribution in [0.2, 0.25) is 0 Å². The Labute approximate surface area is 68.7 Å². The van der Waals surface area contributed by atoms with Gasteiger partial charge >= 0.3 is 0 Å². The number of rotatable bonds is 3. The molecule has 0 saturated heterocycles. The average molecular weight is 170 g/mol. The van der Waals surface area contributed by atoms with Crippen molar-refractivity contribution in [1.29, 1.82) is 0 Å². The molecule has 0 radical (unpaired) electrons. The predicted octanol–water partition coefficient (Wildman–Crippen LogP) is -1.52. The van der Waals surface area contributed by atoms with Crippen LogP contribution in [-0.2, 0) is 0 Å². The summed E-state index contributed by atoms with van der Waals surface area (Å²) < 4.78 is 0. The third-order valence-electron chi connectivity index (χ3n) is 1.12. The molecule has 0 saturated carbocycles. The van der Waals surface area contributed by atoms with E-state index >= 15 is 0 Å². The summed E-state index contributed by atoms with van der Waals surface area (Å²) in [6.45, 7) is 0. The van der Waals surface area contributed by atoms with Crippen molar-refractivity contribution in [2.24, 2.45) is 11.7 Å². The predicted molar refractivity (Wildman–Crippen MR) is 45.0 cm³/mol. The first-order valence-electron chi connectivity index (χ1n) is 3.17. The normalized spacial score (nSPS) is 9.25. The summed E-state index contributed by atoms with van der Waals surface area (Å²) in [6, 6.07) is 0. The Kier molecular flexibility index (Phi) is 2.56. The molecule has 0 aromatic carbocycles. The minimum absolute atomic E-state index is 0.238. The van der Waals surface area contributed by atoms with E-state index in [0.29, 0.717) is 5.95 Å². The van der Waals surface area contributed by atoms with Gasteiger partial charge in [0.05, 0.1) is 0 Å². The molecule has 8 heteroatoms. The SMILES string of the molecule is CNc1nc(NN)nc(NN)n1. The van der Waals surface area contributed by atoms with E-state index in [1.54, 1.807) is 7.05 Å². The highest BCUT2D eigenvalue weighted by Crippen LogP contribution is 2.05. The molecule has 1 aromatic rings. The fourth-order valence-corrected chi connectivity index (χ4v) is 0.617. The molecule has 0 spiro atoms. The maximum absolute atomic E-state index is 5.10. The highest BCUT2D eigenvalue weighted by Gasteiger charge is 2.01. The lowest BCUT2D eigenvalue weighted by Gasteiger charge is -2.04. The summed E-state index contributed by atoms with van der Waals surface area (Å²) in [4.78, 5) is 11.5. The van der Waals surface area contributed by atoms with Crippen LogP contribution in [-0.4, -0.2) is 22.0 Å². The number of nitrogens with one attached hydrogen (secondary N) is 3. The second kappa shape index (κ2) is 3.64. The highest BCUT2D eigenvalue weighted by atomic mass is 15.4. The lowest BCUT2D eigenvalue weighted by atomic mass is 10.8. The van der Waals surface area contributed by atoms with Crippen molar-refractivity contribution in [1.82, 2.24) is 15.0 Å². The first-order chi connectivity index (χ1) is 5.80. The third kappa shape index (κ3) is 1.68. The quantitative estimate of drug-likeness (QED) is 0.273. The molecule has 1 aromatic heterocycles. The maximum atomic E-state index is 5.10. The minimum atomic E-state index is 0.238. The van der Waals surface area contributed by atoms with Crippen LogP contribution in [0, 0.1) is 0 Å². The summed E-state index contributed by atoms with van der Waals surface area (Å²) in [6.07, 6.45) is 0. The van der Waals surface area contributed by atoms with Gasteiger partial charge in [-0.3, -0.25) is 10.9 Å². The molecule has 0 amide bonds. The Morgan fingerprint density at radius 2 is 1.33 bits per heavy atom. The highest BCUT2D eigenvalue weighted by molar-refractivity contribution is 5.40. The van der Waals surface area contributed by atoms with Crippen LogP contribution in [0.25, 0.3) is 0 Å². The molecule has 1 heterocycles.